The van der Waals surface area contributed by atoms with Gasteiger partial charge in [-0.3, -0.25) is 10.1 Å². The van der Waals surface area contributed by atoms with E-state index in [9.17, 15) is 0 Å². The molecular formula is C14H19N5. The Morgan fingerprint density at radius 3 is 2.95 bits per heavy atom. The summed E-state index contributed by atoms with van der Waals surface area (Å²) in [4.78, 5) is 8.99. The summed E-state index contributed by atoms with van der Waals surface area (Å²) in [5.41, 5.74) is 2.15. The molecule has 3 rings (SSSR count). The van der Waals surface area contributed by atoms with Crippen LogP contribution in [0.5, 0.6) is 0 Å². The summed E-state index contributed by atoms with van der Waals surface area (Å²) in [5.74, 6) is 2.18. The molecule has 5 heteroatoms. The molecule has 0 aromatic carbocycles. The summed E-state index contributed by atoms with van der Waals surface area (Å²) in [6.07, 6.45) is 5.06. The third-order valence-electron chi connectivity index (χ3n) is 3.68. The SMILES string of the molecule is CCc1ccnc(-c2nc(C3CCNCC3)n[nH]2)c1. The van der Waals surface area contributed by atoms with Gasteiger partial charge in [0.2, 0.25) is 0 Å². The Balaban J connectivity index is 1.83. The first-order valence-electron chi connectivity index (χ1n) is 6.95. The first-order valence-corrected chi connectivity index (χ1v) is 6.95. The number of pyridine rings is 1. The van der Waals surface area contributed by atoms with E-state index in [-0.39, 0.29) is 0 Å². The van der Waals surface area contributed by atoms with E-state index in [1.165, 1.54) is 5.56 Å². The molecule has 1 fully saturated rings. The van der Waals surface area contributed by atoms with Crippen molar-refractivity contribution in [2.45, 2.75) is 32.1 Å². The summed E-state index contributed by atoms with van der Waals surface area (Å²) in [7, 11) is 0. The van der Waals surface area contributed by atoms with Crippen LogP contribution in [-0.4, -0.2) is 33.3 Å². The van der Waals surface area contributed by atoms with Crippen LogP contribution in [0, 0.1) is 0 Å². The van der Waals surface area contributed by atoms with E-state index >= 15 is 0 Å². The van der Waals surface area contributed by atoms with Crippen LogP contribution in [0.2, 0.25) is 0 Å². The van der Waals surface area contributed by atoms with Crippen molar-refractivity contribution in [1.29, 1.82) is 0 Å². The molecule has 0 amide bonds. The fourth-order valence-electron chi connectivity index (χ4n) is 2.48. The second-order valence-electron chi connectivity index (χ2n) is 4.97. The molecule has 0 spiro atoms. The summed E-state index contributed by atoms with van der Waals surface area (Å²) in [5, 5.41) is 10.8. The average Bonchev–Trinajstić information content (AvgIpc) is 2.98. The maximum absolute atomic E-state index is 4.62. The Morgan fingerprint density at radius 1 is 1.32 bits per heavy atom. The number of aromatic nitrogens is 4. The number of H-pyrrole nitrogens is 1. The van der Waals surface area contributed by atoms with Crippen molar-refractivity contribution >= 4 is 0 Å². The second-order valence-corrected chi connectivity index (χ2v) is 4.97. The van der Waals surface area contributed by atoms with E-state index in [2.05, 4.69) is 38.5 Å². The minimum Gasteiger partial charge on any atom is -0.317 e. The summed E-state index contributed by atoms with van der Waals surface area (Å²) < 4.78 is 0. The molecule has 2 N–H and O–H groups in total. The van der Waals surface area contributed by atoms with Crippen LogP contribution in [0.15, 0.2) is 18.3 Å². The molecular weight excluding hydrogens is 238 g/mol. The van der Waals surface area contributed by atoms with Gasteiger partial charge in [-0.15, -0.1) is 0 Å². The Morgan fingerprint density at radius 2 is 2.16 bits per heavy atom. The number of nitrogens with zero attached hydrogens (tertiary/aromatic N) is 3. The van der Waals surface area contributed by atoms with Crippen LogP contribution in [0.1, 0.15) is 37.1 Å². The highest BCUT2D eigenvalue weighted by molar-refractivity contribution is 5.49. The van der Waals surface area contributed by atoms with Gasteiger partial charge >= 0.3 is 0 Å². The summed E-state index contributed by atoms with van der Waals surface area (Å²) in [6, 6.07) is 4.11. The standard InChI is InChI=1S/C14H19N5/c1-2-10-3-8-16-12(9-10)14-17-13(18-19-14)11-4-6-15-7-5-11/h3,8-9,11,15H,2,4-7H2,1H3,(H,17,18,19). The molecule has 0 unspecified atom stereocenters. The fraction of sp³-hybridized carbons (Fsp3) is 0.500. The first kappa shape index (κ1) is 12.3. The summed E-state index contributed by atoms with van der Waals surface area (Å²) in [6.45, 7) is 4.25. The van der Waals surface area contributed by atoms with Crippen molar-refractivity contribution in [2.24, 2.45) is 0 Å². The highest BCUT2D eigenvalue weighted by atomic mass is 15.2. The van der Waals surface area contributed by atoms with Crippen molar-refractivity contribution in [2.75, 3.05) is 13.1 Å². The van der Waals surface area contributed by atoms with Crippen molar-refractivity contribution in [3.05, 3.63) is 29.7 Å². The van der Waals surface area contributed by atoms with Gasteiger partial charge in [-0.25, -0.2) is 4.98 Å². The molecule has 5 nitrogen and oxygen atoms in total. The Labute approximate surface area is 112 Å². The van der Waals surface area contributed by atoms with Gasteiger partial charge in [-0.2, -0.15) is 5.10 Å². The molecule has 2 aromatic rings. The molecule has 0 atom stereocenters. The van der Waals surface area contributed by atoms with Gasteiger partial charge in [-0.1, -0.05) is 6.92 Å². The maximum Gasteiger partial charge on any atom is 0.174 e. The topological polar surface area (TPSA) is 66.5 Å². The number of nitrogens with one attached hydrogen (secondary N) is 2. The third-order valence-corrected chi connectivity index (χ3v) is 3.68. The van der Waals surface area contributed by atoms with Crippen LogP contribution in [0.4, 0.5) is 0 Å². The number of hydrogen-bond acceptors (Lipinski definition) is 4. The molecule has 1 aliphatic heterocycles. The number of aromatic amines is 1. The van der Waals surface area contributed by atoms with E-state index in [4.69, 9.17) is 0 Å². The van der Waals surface area contributed by atoms with E-state index in [1.54, 1.807) is 0 Å². The normalized spacial score (nSPS) is 16.7. The zero-order valence-electron chi connectivity index (χ0n) is 11.2. The van der Waals surface area contributed by atoms with Gasteiger partial charge < -0.3 is 5.32 Å². The van der Waals surface area contributed by atoms with Crippen molar-refractivity contribution < 1.29 is 0 Å². The second kappa shape index (κ2) is 5.48. The monoisotopic (exact) mass is 257 g/mol. The maximum atomic E-state index is 4.62. The third kappa shape index (κ3) is 2.66. The van der Waals surface area contributed by atoms with Crippen molar-refractivity contribution in [3.63, 3.8) is 0 Å². The lowest BCUT2D eigenvalue weighted by atomic mass is 9.98. The van der Waals surface area contributed by atoms with E-state index in [0.29, 0.717) is 5.92 Å². The highest BCUT2D eigenvalue weighted by Crippen LogP contribution is 2.23. The van der Waals surface area contributed by atoms with Crippen LogP contribution in [0.25, 0.3) is 11.5 Å². The molecule has 2 aromatic heterocycles. The molecule has 0 saturated carbocycles. The molecule has 0 bridgehead atoms. The molecule has 3 heterocycles. The van der Waals surface area contributed by atoms with Gasteiger partial charge in [0.25, 0.3) is 0 Å². The molecule has 0 aliphatic carbocycles. The first-order chi connectivity index (χ1) is 9.36. The van der Waals surface area contributed by atoms with Gasteiger partial charge in [-0.05, 0) is 50.0 Å². The molecule has 100 valence electrons. The molecule has 1 saturated heterocycles. The zero-order valence-corrected chi connectivity index (χ0v) is 11.2. The van der Waals surface area contributed by atoms with E-state index in [1.807, 2.05) is 12.3 Å². The predicted octanol–water partition coefficient (Wildman–Crippen LogP) is 1.90. The highest BCUT2D eigenvalue weighted by Gasteiger charge is 2.20. The summed E-state index contributed by atoms with van der Waals surface area (Å²) >= 11 is 0. The fourth-order valence-corrected chi connectivity index (χ4v) is 2.48. The lowest BCUT2D eigenvalue weighted by molar-refractivity contribution is 0.446. The number of hydrogen-bond donors (Lipinski definition) is 2. The molecule has 19 heavy (non-hydrogen) atoms. The Hall–Kier alpha value is -1.75. The molecule has 1 aliphatic rings. The molecule has 0 radical (unpaired) electrons. The van der Waals surface area contributed by atoms with Gasteiger partial charge in [0, 0.05) is 12.1 Å². The smallest absolute Gasteiger partial charge is 0.174 e. The predicted molar refractivity (Wildman–Crippen MR) is 73.8 cm³/mol. The number of piperidine rings is 1. The van der Waals surface area contributed by atoms with Crippen LogP contribution < -0.4 is 5.32 Å². The van der Waals surface area contributed by atoms with E-state index < -0.39 is 0 Å². The minimum atomic E-state index is 0.473. The lowest BCUT2D eigenvalue weighted by Crippen LogP contribution is -2.27. The average molecular weight is 257 g/mol. The number of aryl methyl sites for hydroxylation is 1. The van der Waals surface area contributed by atoms with Gasteiger partial charge in [0.15, 0.2) is 11.6 Å². The Kier molecular flexibility index (Phi) is 3.55. The number of rotatable bonds is 3. The van der Waals surface area contributed by atoms with Gasteiger partial charge in [0.1, 0.15) is 5.69 Å². The van der Waals surface area contributed by atoms with Crippen LogP contribution >= 0.6 is 0 Å². The Bertz CT molecular complexity index is 542. The largest absolute Gasteiger partial charge is 0.317 e. The zero-order chi connectivity index (χ0) is 13.1. The minimum absolute atomic E-state index is 0.473. The lowest BCUT2D eigenvalue weighted by Gasteiger charge is -2.19. The quantitative estimate of drug-likeness (QED) is 0.881. The van der Waals surface area contributed by atoms with Crippen molar-refractivity contribution in [3.8, 4) is 11.5 Å². The van der Waals surface area contributed by atoms with Gasteiger partial charge in [0.05, 0.1) is 0 Å². The van der Waals surface area contributed by atoms with Crippen LogP contribution in [0.3, 0.4) is 0 Å². The van der Waals surface area contributed by atoms with Crippen LogP contribution in [-0.2, 0) is 6.42 Å². The van der Waals surface area contributed by atoms with Crippen molar-refractivity contribution in [1.82, 2.24) is 25.5 Å². The van der Waals surface area contributed by atoms with E-state index in [0.717, 1.165) is 49.7 Å².